The number of carbonyl (C=O) groups is 1. The first-order chi connectivity index (χ1) is 12.0. The Balaban J connectivity index is 0.000000676. The van der Waals surface area contributed by atoms with Gasteiger partial charge in [0.05, 0.1) is 6.10 Å². The van der Waals surface area contributed by atoms with E-state index in [4.69, 9.17) is 0 Å². The topological polar surface area (TPSA) is 57.5 Å². The van der Waals surface area contributed by atoms with Crippen molar-refractivity contribution in [3.63, 3.8) is 0 Å². The standard InChI is InChI=1S/C15H30O3.C7H8/c1-4-6-7-8-9-10-15(18)14(11-16)13(5-2)12(3)17;1-7-5-3-2-4-6-7/h13-16,18H,4-11H2,1-3H3;2-6H,1H3. The Hall–Kier alpha value is -1.19. The first-order valence-electron chi connectivity index (χ1n) is 9.78. The van der Waals surface area contributed by atoms with Gasteiger partial charge in [-0.15, -0.1) is 0 Å². The van der Waals surface area contributed by atoms with Crippen molar-refractivity contribution in [3.8, 4) is 0 Å². The largest absolute Gasteiger partial charge is 0.396 e. The molecule has 2 N–H and O–H groups in total. The van der Waals surface area contributed by atoms with Gasteiger partial charge in [-0.2, -0.15) is 0 Å². The van der Waals surface area contributed by atoms with E-state index in [0.717, 1.165) is 12.8 Å². The first kappa shape index (κ1) is 23.8. The summed E-state index contributed by atoms with van der Waals surface area (Å²) in [5.41, 5.74) is 1.32. The van der Waals surface area contributed by atoms with Crippen LogP contribution in [-0.4, -0.2) is 28.7 Å². The second-order valence-corrected chi connectivity index (χ2v) is 6.90. The predicted octanol–water partition coefficient (Wildman–Crippen LogP) is 4.93. The van der Waals surface area contributed by atoms with Gasteiger partial charge in [0.2, 0.25) is 0 Å². The zero-order valence-corrected chi connectivity index (χ0v) is 16.6. The highest BCUT2D eigenvalue weighted by molar-refractivity contribution is 5.78. The van der Waals surface area contributed by atoms with Gasteiger partial charge < -0.3 is 10.2 Å². The predicted molar refractivity (Wildman–Crippen MR) is 106 cm³/mol. The molecule has 3 nitrogen and oxygen atoms in total. The Morgan fingerprint density at radius 1 is 1.04 bits per heavy atom. The van der Waals surface area contributed by atoms with E-state index in [1.54, 1.807) is 6.92 Å². The lowest BCUT2D eigenvalue weighted by Crippen LogP contribution is -2.34. The molecule has 0 amide bonds. The van der Waals surface area contributed by atoms with Crippen molar-refractivity contribution in [2.24, 2.45) is 11.8 Å². The minimum atomic E-state index is -0.550. The summed E-state index contributed by atoms with van der Waals surface area (Å²) in [5.74, 6) is -0.430. The normalized spacial score (nSPS) is 14.2. The summed E-state index contributed by atoms with van der Waals surface area (Å²) in [6.07, 6.45) is 6.59. The summed E-state index contributed by atoms with van der Waals surface area (Å²) in [6, 6.07) is 10.3. The molecule has 0 radical (unpaired) electrons. The van der Waals surface area contributed by atoms with Gasteiger partial charge >= 0.3 is 0 Å². The van der Waals surface area contributed by atoms with Crippen LogP contribution in [0.2, 0.25) is 0 Å². The number of benzene rings is 1. The zero-order chi connectivity index (χ0) is 19.1. The minimum Gasteiger partial charge on any atom is -0.396 e. The van der Waals surface area contributed by atoms with E-state index < -0.39 is 6.10 Å². The molecule has 3 unspecified atom stereocenters. The van der Waals surface area contributed by atoms with E-state index in [0.29, 0.717) is 12.8 Å². The molecule has 0 bridgehead atoms. The van der Waals surface area contributed by atoms with Crippen LogP contribution in [0.1, 0.15) is 71.3 Å². The van der Waals surface area contributed by atoms with E-state index in [2.05, 4.69) is 26.0 Å². The van der Waals surface area contributed by atoms with E-state index in [9.17, 15) is 15.0 Å². The number of aliphatic hydroxyl groups excluding tert-OH is 2. The van der Waals surface area contributed by atoms with Crippen LogP contribution in [0.4, 0.5) is 0 Å². The molecule has 3 atom stereocenters. The maximum absolute atomic E-state index is 11.5. The number of unbranched alkanes of at least 4 members (excludes halogenated alkanes) is 4. The highest BCUT2D eigenvalue weighted by Gasteiger charge is 2.29. The molecule has 0 aliphatic heterocycles. The maximum Gasteiger partial charge on any atom is 0.133 e. The summed E-state index contributed by atoms with van der Waals surface area (Å²) in [4.78, 5) is 11.5. The number of ketones is 1. The van der Waals surface area contributed by atoms with Gasteiger partial charge in [-0.1, -0.05) is 81.8 Å². The fraction of sp³-hybridized carbons (Fsp3) is 0.682. The van der Waals surface area contributed by atoms with Crippen LogP contribution in [0.3, 0.4) is 0 Å². The van der Waals surface area contributed by atoms with Crippen molar-refractivity contribution in [2.75, 3.05) is 6.61 Å². The highest BCUT2D eigenvalue weighted by atomic mass is 16.3. The number of aliphatic hydroxyl groups is 2. The summed E-state index contributed by atoms with van der Waals surface area (Å²) < 4.78 is 0. The maximum atomic E-state index is 11.5. The van der Waals surface area contributed by atoms with Gasteiger partial charge in [0.25, 0.3) is 0 Å². The van der Waals surface area contributed by atoms with Crippen molar-refractivity contribution in [2.45, 2.75) is 78.7 Å². The van der Waals surface area contributed by atoms with E-state index in [1.165, 1.54) is 24.8 Å². The van der Waals surface area contributed by atoms with Crippen molar-refractivity contribution in [1.82, 2.24) is 0 Å². The van der Waals surface area contributed by atoms with Gasteiger partial charge in [0.15, 0.2) is 0 Å². The van der Waals surface area contributed by atoms with Crippen LogP contribution in [0, 0.1) is 18.8 Å². The second kappa shape index (κ2) is 15.1. The SMILES string of the molecule is CCCCCCCC(O)C(CO)C(CC)C(C)=O.Cc1ccccc1. The van der Waals surface area contributed by atoms with Crippen LogP contribution in [0.5, 0.6) is 0 Å². The second-order valence-electron chi connectivity index (χ2n) is 6.90. The average molecular weight is 351 g/mol. The van der Waals surface area contributed by atoms with Crippen molar-refractivity contribution >= 4 is 5.78 Å². The first-order valence-corrected chi connectivity index (χ1v) is 9.78. The molecule has 0 saturated carbocycles. The van der Waals surface area contributed by atoms with Crippen LogP contribution in [0.25, 0.3) is 0 Å². The zero-order valence-electron chi connectivity index (χ0n) is 16.6. The van der Waals surface area contributed by atoms with Crippen LogP contribution in [-0.2, 0) is 4.79 Å². The summed E-state index contributed by atoms with van der Waals surface area (Å²) in [5, 5.41) is 19.5. The highest BCUT2D eigenvalue weighted by Crippen LogP contribution is 2.23. The fourth-order valence-corrected chi connectivity index (χ4v) is 3.11. The Bertz CT molecular complexity index is 430. The van der Waals surface area contributed by atoms with Gasteiger partial charge in [-0.3, -0.25) is 4.79 Å². The van der Waals surface area contributed by atoms with Gasteiger partial charge in [0.1, 0.15) is 5.78 Å². The van der Waals surface area contributed by atoms with E-state index >= 15 is 0 Å². The number of hydrogen-bond donors (Lipinski definition) is 2. The molecule has 1 rings (SSSR count). The molecule has 1 aromatic carbocycles. The number of aryl methyl sites for hydroxylation is 1. The van der Waals surface area contributed by atoms with E-state index in [-0.39, 0.29) is 24.2 Å². The fourth-order valence-electron chi connectivity index (χ4n) is 3.11. The van der Waals surface area contributed by atoms with Gasteiger partial charge in [-0.05, 0) is 26.7 Å². The van der Waals surface area contributed by atoms with Crippen LogP contribution in [0.15, 0.2) is 30.3 Å². The molecule has 0 aromatic heterocycles. The number of rotatable bonds is 11. The average Bonchev–Trinajstić information content (AvgIpc) is 2.60. The quantitative estimate of drug-likeness (QED) is 0.557. The third-order valence-electron chi connectivity index (χ3n) is 4.73. The molecule has 0 saturated heterocycles. The lowest BCUT2D eigenvalue weighted by Gasteiger charge is -2.27. The molecular formula is C22H38O3. The minimum absolute atomic E-state index is 0.0709. The summed E-state index contributed by atoms with van der Waals surface area (Å²) in [7, 11) is 0. The van der Waals surface area contributed by atoms with Gasteiger partial charge in [-0.25, -0.2) is 0 Å². The molecule has 0 aliphatic rings. The number of Topliss-reactive ketones (excluding diaryl/α,β-unsaturated/α-hetero) is 1. The van der Waals surface area contributed by atoms with Crippen molar-refractivity contribution < 1.29 is 15.0 Å². The lowest BCUT2D eigenvalue weighted by molar-refractivity contribution is -0.125. The number of carbonyl (C=O) groups excluding carboxylic acids is 1. The Morgan fingerprint density at radius 3 is 2.04 bits per heavy atom. The molecular weight excluding hydrogens is 312 g/mol. The summed E-state index contributed by atoms with van der Waals surface area (Å²) >= 11 is 0. The Kier molecular flexibility index (Phi) is 14.4. The number of hydrogen-bond acceptors (Lipinski definition) is 3. The monoisotopic (exact) mass is 350 g/mol. The Labute approximate surface area is 154 Å². The Morgan fingerprint density at radius 2 is 1.64 bits per heavy atom. The molecule has 3 heteroatoms. The third-order valence-corrected chi connectivity index (χ3v) is 4.73. The molecule has 25 heavy (non-hydrogen) atoms. The molecule has 1 aromatic rings. The van der Waals surface area contributed by atoms with E-state index in [1.807, 2.05) is 25.1 Å². The van der Waals surface area contributed by atoms with Gasteiger partial charge in [0, 0.05) is 18.4 Å². The van der Waals surface area contributed by atoms with Crippen LogP contribution < -0.4 is 0 Å². The molecule has 0 spiro atoms. The smallest absolute Gasteiger partial charge is 0.133 e. The third kappa shape index (κ3) is 11.1. The molecule has 0 heterocycles. The molecule has 0 fully saturated rings. The molecule has 0 aliphatic carbocycles. The summed E-state index contributed by atoms with van der Waals surface area (Å²) in [6.45, 7) is 7.64. The van der Waals surface area contributed by atoms with Crippen molar-refractivity contribution in [3.05, 3.63) is 35.9 Å². The van der Waals surface area contributed by atoms with Crippen LogP contribution >= 0.6 is 0 Å². The molecule has 144 valence electrons. The lowest BCUT2D eigenvalue weighted by atomic mass is 9.82. The van der Waals surface area contributed by atoms with Crippen molar-refractivity contribution in [1.29, 1.82) is 0 Å².